The molecule has 1 rings (SSSR count). The maximum atomic E-state index is 11.4. The van der Waals surface area contributed by atoms with Gasteiger partial charge in [0.1, 0.15) is 0 Å². The Balaban J connectivity index is 2.40. The van der Waals surface area contributed by atoms with E-state index in [0.29, 0.717) is 6.42 Å². The second-order valence-corrected chi connectivity index (χ2v) is 3.57. The Kier molecular flexibility index (Phi) is 3.24. The normalized spacial score (nSPS) is 19.5. The van der Waals surface area contributed by atoms with Gasteiger partial charge in [0.2, 0.25) is 5.91 Å². The fraction of sp³-hybridized carbons (Fsp3) is 0.500. The standard InChI is InChI=1S/C10H13NO4/c1-6(2)10(14)15-5-9(13)11-7(3)4-8(11)12/h7H,1,4-5H2,2-3H3. The number of carbonyl (C=O) groups excluding carboxylic acids is 3. The number of esters is 1. The summed E-state index contributed by atoms with van der Waals surface area (Å²) in [4.78, 5) is 34.4. The molecule has 0 aromatic heterocycles. The van der Waals surface area contributed by atoms with E-state index in [1.54, 1.807) is 6.92 Å². The van der Waals surface area contributed by atoms with E-state index in [2.05, 4.69) is 11.3 Å². The summed E-state index contributed by atoms with van der Waals surface area (Å²) in [5.41, 5.74) is 0.228. The molecule has 0 N–H and O–H groups in total. The van der Waals surface area contributed by atoms with Crippen LogP contribution in [0.3, 0.4) is 0 Å². The van der Waals surface area contributed by atoms with Crippen molar-refractivity contribution in [2.24, 2.45) is 0 Å². The molecule has 5 heteroatoms. The van der Waals surface area contributed by atoms with Crippen LogP contribution in [0.2, 0.25) is 0 Å². The van der Waals surface area contributed by atoms with Crippen LogP contribution in [0.15, 0.2) is 12.2 Å². The van der Waals surface area contributed by atoms with E-state index in [0.717, 1.165) is 4.90 Å². The van der Waals surface area contributed by atoms with Crippen LogP contribution in [0.5, 0.6) is 0 Å². The van der Waals surface area contributed by atoms with E-state index in [-0.39, 0.29) is 17.5 Å². The Morgan fingerprint density at radius 2 is 2.20 bits per heavy atom. The van der Waals surface area contributed by atoms with Crippen molar-refractivity contribution in [1.82, 2.24) is 4.90 Å². The second-order valence-electron chi connectivity index (χ2n) is 3.57. The molecule has 1 fully saturated rings. The van der Waals surface area contributed by atoms with Gasteiger partial charge in [0, 0.05) is 18.0 Å². The van der Waals surface area contributed by atoms with Crippen molar-refractivity contribution in [3.8, 4) is 0 Å². The van der Waals surface area contributed by atoms with Crippen molar-refractivity contribution in [3.63, 3.8) is 0 Å². The third kappa shape index (κ3) is 2.43. The highest BCUT2D eigenvalue weighted by Crippen LogP contribution is 2.18. The van der Waals surface area contributed by atoms with E-state index >= 15 is 0 Å². The van der Waals surface area contributed by atoms with Crippen LogP contribution >= 0.6 is 0 Å². The van der Waals surface area contributed by atoms with Gasteiger partial charge in [0.05, 0.1) is 0 Å². The van der Waals surface area contributed by atoms with Crippen molar-refractivity contribution < 1.29 is 19.1 Å². The highest BCUT2D eigenvalue weighted by atomic mass is 16.5. The maximum absolute atomic E-state index is 11.4. The molecule has 1 aliphatic heterocycles. The summed E-state index contributed by atoms with van der Waals surface area (Å²) in [7, 11) is 0. The first-order valence-corrected chi connectivity index (χ1v) is 4.61. The molecule has 0 aromatic carbocycles. The molecule has 1 saturated heterocycles. The molecule has 1 heterocycles. The zero-order valence-electron chi connectivity index (χ0n) is 8.78. The Morgan fingerprint density at radius 1 is 1.60 bits per heavy atom. The molecule has 0 radical (unpaired) electrons. The number of ether oxygens (including phenoxy) is 1. The fourth-order valence-corrected chi connectivity index (χ4v) is 1.28. The van der Waals surface area contributed by atoms with Crippen LogP contribution in [0, 0.1) is 0 Å². The summed E-state index contributed by atoms with van der Waals surface area (Å²) >= 11 is 0. The molecule has 1 aliphatic rings. The summed E-state index contributed by atoms with van der Waals surface area (Å²) in [6, 6.07) is -0.0893. The second kappa shape index (κ2) is 4.25. The number of amides is 2. The van der Waals surface area contributed by atoms with Crippen molar-refractivity contribution >= 4 is 17.8 Å². The van der Waals surface area contributed by atoms with Gasteiger partial charge >= 0.3 is 5.97 Å². The Hall–Kier alpha value is -1.65. The van der Waals surface area contributed by atoms with Gasteiger partial charge in [-0.05, 0) is 13.8 Å². The van der Waals surface area contributed by atoms with E-state index in [1.165, 1.54) is 6.92 Å². The van der Waals surface area contributed by atoms with E-state index < -0.39 is 18.5 Å². The van der Waals surface area contributed by atoms with Gasteiger partial charge in [-0.2, -0.15) is 0 Å². The van der Waals surface area contributed by atoms with E-state index in [4.69, 9.17) is 0 Å². The van der Waals surface area contributed by atoms with Crippen LogP contribution in [-0.2, 0) is 19.1 Å². The van der Waals surface area contributed by atoms with Gasteiger partial charge in [-0.3, -0.25) is 14.5 Å². The number of carbonyl (C=O) groups is 3. The topological polar surface area (TPSA) is 63.7 Å². The van der Waals surface area contributed by atoms with Crippen molar-refractivity contribution in [2.45, 2.75) is 26.3 Å². The molecule has 5 nitrogen and oxygen atoms in total. The van der Waals surface area contributed by atoms with Crippen molar-refractivity contribution in [3.05, 3.63) is 12.2 Å². The number of nitrogens with zero attached hydrogens (tertiary/aromatic N) is 1. The first-order valence-electron chi connectivity index (χ1n) is 4.61. The third-order valence-corrected chi connectivity index (χ3v) is 2.12. The zero-order valence-corrected chi connectivity index (χ0v) is 8.78. The minimum Gasteiger partial charge on any atom is -0.452 e. The maximum Gasteiger partial charge on any atom is 0.333 e. The number of β-lactam (4-membered cyclic amide) rings is 1. The minimum absolute atomic E-state index is 0.0893. The number of hydrogen-bond donors (Lipinski definition) is 0. The van der Waals surface area contributed by atoms with Crippen LogP contribution in [0.1, 0.15) is 20.3 Å². The number of imide groups is 1. The van der Waals surface area contributed by atoms with E-state index in [9.17, 15) is 14.4 Å². The monoisotopic (exact) mass is 211 g/mol. The number of rotatable bonds is 3. The summed E-state index contributed by atoms with van der Waals surface area (Å²) in [6.45, 7) is 6.23. The minimum atomic E-state index is -0.621. The van der Waals surface area contributed by atoms with Crippen LogP contribution in [-0.4, -0.2) is 35.3 Å². The molecule has 82 valence electrons. The Bertz CT molecular complexity index is 334. The summed E-state index contributed by atoms with van der Waals surface area (Å²) in [6.07, 6.45) is 0.375. The van der Waals surface area contributed by atoms with Gasteiger partial charge in [0.25, 0.3) is 5.91 Å². The van der Waals surface area contributed by atoms with Crippen LogP contribution in [0.4, 0.5) is 0 Å². The molecule has 0 aromatic rings. The summed E-state index contributed by atoms with van der Waals surface area (Å²) < 4.78 is 4.64. The van der Waals surface area contributed by atoms with Gasteiger partial charge in [-0.1, -0.05) is 6.58 Å². The average molecular weight is 211 g/mol. The molecule has 0 saturated carbocycles. The molecule has 15 heavy (non-hydrogen) atoms. The third-order valence-electron chi connectivity index (χ3n) is 2.12. The van der Waals surface area contributed by atoms with E-state index in [1.807, 2.05) is 0 Å². The highest BCUT2D eigenvalue weighted by molar-refractivity contribution is 6.01. The molecule has 0 aliphatic carbocycles. The molecule has 0 spiro atoms. The Morgan fingerprint density at radius 3 is 2.60 bits per heavy atom. The zero-order chi connectivity index (χ0) is 11.6. The predicted octanol–water partition coefficient (Wildman–Crippen LogP) is 0.253. The SMILES string of the molecule is C=C(C)C(=O)OCC(=O)N1C(=O)CC1C. The lowest BCUT2D eigenvalue weighted by atomic mass is 10.0. The van der Waals surface area contributed by atoms with Gasteiger partial charge in [-0.15, -0.1) is 0 Å². The van der Waals surface area contributed by atoms with Crippen LogP contribution in [0.25, 0.3) is 0 Å². The Labute approximate surface area is 87.7 Å². The lowest BCUT2D eigenvalue weighted by Crippen LogP contribution is -2.55. The quantitative estimate of drug-likeness (QED) is 0.381. The summed E-state index contributed by atoms with van der Waals surface area (Å²) in [5.74, 6) is -1.32. The largest absolute Gasteiger partial charge is 0.452 e. The van der Waals surface area contributed by atoms with Gasteiger partial charge in [0.15, 0.2) is 6.61 Å². The smallest absolute Gasteiger partial charge is 0.333 e. The average Bonchev–Trinajstić information content (AvgIpc) is 2.13. The number of hydrogen-bond acceptors (Lipinski definition) is 4. The molecular weight excluding hydrogens is 198 g/mol. The molecule has 0 bridgehead atoms. The first kappa shape index (κ1) is 11.4. The molecule has 1 unspecified atom stereocenters. The van der Waals surface area contributed by atoms with Gasteiger partial charge in [-0.25, -0.2) is 4.79 Å². The molecule has 2 amide bonds. The molecule has 1 atom stereocenters. The first-order chi connectivity index (χ1) is 6.93. The lowest BCUT2D eigenvalue weighted by Gasteiger charge is -2.35. The van der Waals surface area contributed by atoms with Gasteiger partial charge < -0.3 is 4.74 Å². The highest BCUT2D eigenvalue weighted by Gasteiger charge is 2.37. The van der Waals surface area contributed by atoms with Crippen molar-refractivity contribution in [1.29, 1.82) is 0 Å². The predicted molar refractivity (Wildman–Crippen MR) is 51.7 cm³/mol. The number of likely N-dealkylation sites (tertiary alicyclic amines) is 1. The fourth-order valence-electron chi connectivity index (χ4n) is 1.28. The lowest BCUT2D eigenvalue weighted by molar-refractivity contribution is -0.163. The van der Waals surface area contributed by atoms with Crippen LogP contribution < -0.4 is 0 Å². The molecular formula is C10H13NO4. The summed E-state index contributed by atoms with van der Waals surface area (Å²) in [5, 5.41) is 0. The van der Waals surface area contributed by atoms with Crippen molar-refractivity contribution in [2.75, 3.05) is 6.61 Å².